The topological polar surface area (TPSA) is 50.9 Å². The molecule has 0 aliphatic heterocycles. The molecule has 0 saturated carbocycles. The summed E-state index contributed by atoms with van der Waals surface area (Å²) in [4.78, 5) is 0. The van der Waals surface area contributed by atoms with Gasteiger partial charge in [-0.3, -0.25) is 0 Å². The minimum Gasteiger partial charge on any atom is -0.384 e. The number of aryl methyl sites for hydroxylation is 1. The molecule has 0 aliphatic carbocycles. The van der Waals surface area contributed by atoms with Crippen molar-refractivity contribution in [1.29, 1.82) is 0 Å². The van der Waals surface area contributed by atoms with Crippen molar-refractivity contribution in [2.45, 2.75) is 17.8 Å². The summed E-state index contributed by atoms with van der Waals surface area (Å²) in [6, 6.07) is 4.63. The average molecular weight is 291 g/mol. The van der Waals surface area contributed by atoms with Crippen molar-refractivity contribution in [3.05, 3.63) is 41.0 Å². The summed E-state index contributed by atoms with van der Waals surface area (Å²) in [5.74, 6) is 6.30. The fourth-order valence-electron chi connectivity index (χ4n) is 1.61. The van der Waals surface area contributed by atoms with Crippen LogP contribution >= 0.6 is 11.8 Å². The summed E-state index contributed by atoms with van der Waals surface area (Å²) in [5, 5.41) is 17.5. The third-order valence-corrected chi connectivity index (χ3v) is 3.78. The molecule has 0 radical (unpaired) electrons. The van der Waals surface area contributed by atoms with Crippen LogP contribution in [0, 0.1) is 24.6 Å². The summed E-state index contributed by atoms with van der Waals surface area (Å²) in [5.41, 5.74) is 1.38. The zero-order valence-corrected chi connectivity index (χ0v) is 12.0. The van der Waals surface area contributed by atoms with Gasteiger partial charge in [-0.1, -0.05) is 23.6 Å². The lowest BCUT2D eigenvalue weighted by atomic mass is 10.1. The average Bonchev–Trinajstić information content (AvgIpc) is 2.74. The lowest BCUT2D eigenvalue weighted by Crippen LogP contribution is -1.94. The fraction of sp³-hybridized carbons (Fsp3) is 0.286. The Bertz CT molecular complexity index is 673. The largest absolute Gasteiger partial charge is 0.384 e. The van der Waals surface area contributed by atoms with Gasteiger partial charge in [-0.25, -0.2) is 4.39 Å². The van der Waals surface area contributed by atoms with E-state index < -0.39 is 0 Å². The SMILES string of the molecule is Cc1nnc(SCc2cc(F)cc(C#CCO)c2)n1C. The predicted octanol–water partition coefficient (Wildman–Crippen LogP) is 1.90. The van der Waals surface area contributed by atoms with Crippen LogP contribution in [0.5, 0.6) is 0 Å². The third kappa shape index (κ3) is 3.59. The molecule has 0 amide bonds. The number of hydrogen-bond donors (Lipinski definition) is 1. The van der Waals surface area contributed by atoms with Crippen molar-refractivity contribution >= 4 is 11.8 Å². The molecule has 0 unspecified atom stereocenters. The van der Waals surface area contributed by atoms with E-state index in [0.29, 0.717) is 11.3 Å². The molecule has 0 saturated heterocycles. The molecule has 2 aromatic rings. The highest BCUT2D eigenvalue weighted by Crippen LogP contribution is 2.22. The van der Waals surface area contributed by atoms with Crippen LogP contribution in [0.15, 0.2) is 23.4 Å². The highest BCUT2D eigenvalue weighted by atomic mass is 32.2. The van der Waals surface area contributed by atoms with E-state index in [1.165, 1.54) is 23.9 Å². The van der Waals surface area contributed by atoms with E-state index in [1.807, 2.05) is 24.6 Å². The quantitative estimate of drug-likeness (QED) is 0.693. The molecule has 0 aliphatic rings. The molecular formula is C14H14FN3OS. The lowest BCUT2D eigenvalue weighted by molar-refractivity contribution is 0.350. The van der Waals surface area contributed by atoms with Gasteiger partial charge in [0.15, 0.2) is 5.16 Å². The molecule has 1 aromatic carbocycles. The van der Waals surface area contributed by atoms with Gasteiger partial charge in [0, 0.05) is 18.4 Å². The van der Waals surface area contributed by atoms with Gasteiger partial charge >= 0.3 is 0 Å². The van der Waals surface area contributed by atoms with Crippen molar-refractivity contribution in [3.8, 4) is 11.8 Å². The van der Waals surface area contributed by atoms with Crippen molar-refractivity contribution in [2.24, 2.45) is 7.05 Å². The number of halogens is 1. The summed E-state index contributed by atoms with van der Waals surface area (Å²) in [6.07, 6.45) is 0. The second kappa shape index (κ2) is 6.55. The second-order valence-corrected chi connectivity index (χ2v) is 5.13. The van der Waals surface area contributed by atoms with E-state index in [2.05, 4.69) is 22.0 Å². The molecule has 20 heavy (non-hydrogen) atoms. The Hall–Kier alpha value is -1.84. The van der Waals surface area contributed by atoms with Crippen molar-refractivity contribution in [3.63, 3.8) is 0 Å². The molecule has 2 rings (SSSR count). The monoisotopic (exact) mass is 291 g/mol. The number of aliphatic hydroxyl groups is 1. The molecule has 0 spiro atoms. The first kappa shape index (κ1) is 14.6. The predicted molar refractivity (Wildman–Crippen MR) is 75.7 cm³/mol. The van der Waals surface area contributed by atoms with Gasteiger partial charge in [-0.15, -0.1) is 10.2 Å². The maximum Gasteiger partial charge on any atom is 0.191 e. The Morgan fingerprint density at radius 2 is 2.15 bits per heavy atom. The van der Waals surface area contributed by atoms with E-state index in [9.17, 15) is 4.39 Å². The fourth-order valence-corrected chi connectivity index (χ4v) is 2.50. The molecular weight excluding hydrogens is 277 g/mol. The van der Waals surface area contributed by atoms with Crippen LogP contribution in [0.4, 0.5) is 4.39 Å². The lowest BCUT2D eigenvalue weighted by Gasteiger charge is -2.03. The molecule has 0 atom stereocenters. The van der Waals surface area contributed by atoms with Gasteiger partial charge in [0.1, 0.15) is 18.2 Å². The van der Waals surface area contributed by atoms with Gasteiger partial charge < -0.3 is 9.67 Å². The first-order valence-corrected chi connectivity index (χ1v) is 6.96. The molecule has 104 valence electrons. The Labute approximate surface area is 121 Å². The van der Waals surface area contributed by atoms with Crippen LogP contribution in [0.3, 0.4) is 0 Å². The summed E-state index contributed by atoms with van der Waals surface area (Å²) >= 11 is 1.49. The van der Waals surface area contributed by atoms with Crippen molar-refractivity contribution in [1.82, 2.24) is 14.8 Å². The first-order chi connectivity index (χ1) is 9.60. The van der Waals surface area contributed by atoms with Gasteiger partial charge in [0.25, 0.3) is 0 Å². The number of rotatable bonds is 3. The van der Waals surface area contributed by atoms with Crippen LogP contribution in [0.1, 0.15) is 17.0 Å². The van der Waals surface area contributed by atoms with Crippen LogP contribution in [0.2, 0.25) is 0 Å². The van der Waals surface area contributed by atoms with Gasteiger partial charge in [0.05, 0.1) is 0 Å². The number of benzene rings is 1. The third-order valence-electron chi connectivity index (χ3n) is 2.69. The number of nitrogens with zero attached hydrogens (tertiary/aromatic N) is 3. The van der Waals surface area contributed by atoms with Crippen LogP contribution in [-0.4, -0.2) is 26.5 Å². The zero-order chi connectivity index (χ0) is 14.5. The van der Waals surface area contributed by atoms with Crippen LogP contribution in [0.25, 0.3) is 0 Å². The highest BCUT2D eigenvalue weighted by molar-refractivity contribution is 7.98. The maximum atomic E-state index is 13.5. The minimum absolute atomic E-state index is 0.237. The second-order valence-electron chi connectivity index (χ2n) is 4.19. The Kier molecular flexibility index (Phi) is 4.77. The summed E-state index contributed by atoms with van der Waals surface area (Å²) < 4.78 is 15.4. The smallest absolute Gasteiger partial charge is 0.191 e. The van der Waals surface area contributed by atoms with E-state index in [1.54, 1.807) is 0 Å². The van der Waals surface area contributed by atoms with Crippen LogP contribution < -0.4 is 0 Å². The van der Waals surface area contributed by atoms with Crippen LogP contribution in [-0.2, 0) is 12.8 Å². The highest BCUT2D eigenvalue weighted by Gasteiger charge is 2.07. The zero-order valence-electron chi connectivity index (χ0n) is 11.2. The van der Waals surface area contributed by atoms with E-state index in [4.69, 9.17) is 5.11 Å². The standard InChI is InChI=1S/C14H14FN3OS/c1-10-16-17-14(18(10)2)20-9-12-6-11(4-3-5-19)7-13(15)8-12/h6-8,19H,5,9H2,1-2H3. The van der Waals surface area contributed by atoms with Gasteiger partial charge in [0.2, 0.25) is 0 Å². The van der Waals surface area contributed by atoms with Gasteiger partial charge in [-0.05, 0) is 30.7 Å². The molecule has 0 fully saturated rings. The Morgan fingerprint density at radius 3 is 2.80 bits per heavy atom. The summed E-state index contributed by atoms with van der Waals surface area (Å²) in [6.45, 7) is 1.64. The number of aromatic nitrogens is 3. The number of thioether (sulfide) groups is 1. The molecule has 0 bridgehead atoms. The maximum absolute atomic E-state index is 13.5. The minimum atomic E-state index is -0.334. The molecule has 1 aromatic heterocycles. The van der Waals surface area contributed by atoms with Crippen molar-refractivity contribution < 1.29 is 9.50 Å². The Morgan fingerprint density at radius 1 is 1.35 bits per heavy atom. The number of aliphatic hydroxyl groups excluding tert-OH is 1. The van der Waals surface area contributed by atoms with Crippen molar-refractivity contribution in [2.75, 3.05) is 6.61 Å². The van der Waals surface area contributed by atoms with E-state index >= 15 is 0 Å². The molecule has 1 heterocycles. The van der Waals surface area contributed by atoms with E-state index in [0.717, 1.165) is 16.5 Å². The normalized spacial score (nSPS) is 10.2. The van der Waals surface area contributed by atoms with Gasteiger partial charge in [-0.2, -0.15) is 0 Å². The number of hydrogen-bond acceptors (Lipinski definition) is 4. The van der Waals surface area contributed by atoms with E-state index in [-0.39, 0.29) is 12.4 Å². The first-order valence-electron chi connectivity index (χ1n) is 5.98. The molecule has 4 nitrogen and oxygen atoms in total. The molecule has 1 N–H and O–H groups in total. The Balaban J connectivity index is 2.13. The molecule has 6 heteroatoms. The summed E-state index contributed by atoms with van der Waals surface area (Å²) in [7, 11) is 1.89.